The predicted octanol–water partition coefficient (Wildman–Crippen LogP) is 4.79. The van der Waals surface area contributed by atoms with E-state index in [-0.39, 0.29) is 11.6 Å². The SMILES string of the molecule is CC(C)c1cccc(C(C)C)c1Nc1cnc(C(=O)NCc2ccccn2)cn1. The van der Waals surface area contributed by atoms with Gasteiger partial charge >= 0.3 is 0 Å². The minimum absolute atomic E-state index is 0.271. The molecule has 0 saturated heterocycles. The molecule has 0 unspecified atom stereocenters. The summed E-state index contributed by atoms with van der Waals surface area (Å²) >= 11 is 0. The Kier molecular flexibility index (Phi) is 6.54. The van der Waals surface area contributed by atoms with Gasteiger partial charge in [-0.25, -0.2) is 9.97 Å². The van der Waals surface area contributed by atoms with Crippen molar-refractivity contribution in [3.8, 4) is 0 Å². The number of carbonyl (C=O) groups excluding carboxylic acids is 1. The lowest BCUT2D eigenvalue weighted by Crippen LogP contribution is -2.24. The van der Waals surface area contributed by atoms with Crippen molar-refractivity contribution >= 4 is 17.4 Å². The Hall–Kier alpha value is -3.28. The first-order chi connectivity index (χ1) is 14.0. The second-order valence-corrected chi connectivity index (χ2v) is 7.54. The van der Waals surface area contributed by atoms with Gasteiger partial charge in [0.15, 0.2) is 0 Å². The fourth-order valence-electron chi connectivity index (χ4n) is 3.10. The Balaban J connectivity index is 1.73. The van der Waals surface area contributed by atoms with E-state index in [0.29, 0.717) is 24.2 Å². The molecular formula is C23H27N5O. The van der Waals surface area contributed by atoms with Crippen molar-refractivity contribution in [2.24, 2.45) is 0 Å². The van der Waals surface area contributed by atoms with Crippen molar-refractivity contribution in [1.82, 2.24) is 20.3 Å². The fraction of sp³-hybridized carbons (Fsp3) is 0.304. The first kappa shape index (κ1) is 20.5. The highest BCUT2D eigenvalue weighted by Gasteiger charge is 2.15. The third-order valence-electron chi connectivity index (χ3n) is 4.67. The van der Waals surface area contributed by atoms with Crippen LogP contribution in [0.4, 0.5) is 11.5 Å². The largest absolute Gasteiger partial charge is 0.345 e. The highest BCUT2D eigenvalue weighted by molar-refractivity contribution is 5.92. The van der Waals surface area contributed by atoms with Gasteiger partial charge in [0, 0.05) is 11.9 Å². The smallest absolute Gasteiger partial charge is 0.271 e. The standard InChI is InChI=1S/C23H27N5O/c1-15(2)18-9-7-10-19(16(3)4)22(18)28-21-14-25-20(13-26-21)23(29)27-12-17-8-5-6-11-24-17/h5-11,13-16H,12H2,1-4H3,(H,26,28)(H,27,29). The topological polar surface area (TPSA) is 79.8 Å². The summed E-state index contributed by atoms with van der Waals surface area (Å²) in [4.78, 5) is 25.2. The van der Waals surface area contributed by atoms with Crippen molar-refractivity contribution in [1.29, 1.82) is 0 Å². The Morgan fingerprint density at radius 2 is 1.62 bits per heavy atom. The molecule has 0 saturated carbocycles. The summed E-state index contributed by atoms with van der Waals surface area (Å²) in [5.41, 5.74) is 4.59. The van der Waals surface area contributed by atoms with Crippen molar-refractivity contribution < 1.29 is 4.79 Å². The lowest BCUT2D eigenvalue weighted by molar-refractivity contribution is 0.0945. The van der Waals surface area contributed by atoms with E-state index in [0.717, 1.165) is 11.4 Å². The number of benzene rings is 1. The minimum Gasteiger partial charge on any atom is -0.345 e. The highest BCUT2D eigenvalue weighted by atomic mass is 16.1. The molecule has 0 aliphatic rings. The van der Waals surface area contributed by atoms with E-state index >= 15 is 0 Å². The van der Waals surface area contributed by atoms with Crippen LogP contribution in [-0.2, 0) is 6.54 Å². The molecule has 0 aliphatic heterocycles. The van der Waals surface area contributed by atoms with Gasteiger partial charge in [0.25, 0.3) is 5.91 Å². The lowest BCUT2D eigenvalue weighted by Gasteiger charge is -2.20. The van der Waals surface area contributed by atoms with Gasteiger partial charge in [-0.3, -0.25) is 9.78 Å². The molecule has 0 spiro atoms. The molecule has 6 heteroatoms. The molecule has 0 radical (unpaired) electrons. The van der Waals surface area contributed by atoms with Crippen LogP contribution in [0.2, 0.25) is 0 Å². The summed E-state index contributed by atoms with van der Waals surface area (Å²) in [5, 5.41) is 6.22. The van der Waals surface area contributed by atoms with Gasteiger partial charge in [-0.05, 0) is 35.1 Å². The average Bonchev–Trinajstić information content (AvgIpc) is 2.73. The maximum atomic E-state index is 12.3. The molecule has 0 fully saturated rings. The number of pyridine rings is 1. The molecule has 1 amide bonds. The zero-order chi connectivity index (χ0) is 20.8. The number of para-hydroxylation sites is 1. The van der Waals surface area contributed by atoms with Crippen LogP contribution in [0.3, 0.4) is 0 Å². The minimum atomic E-state index is -0.278. The summed E-state index contributed by atoms with van der Waals surface area (Å²) in [5.74, 6) is 1.09. The molecule has 2 aromatic heterocycles. The van der Waals surface area contributed by atoms with Crippen LogP contribution in [0.5, 0.6) is 0 Å². The second-order valence-electron chi connectivity index (χ2n) is 7.54. The van der Waals surface area contributed by atoms with E-state index in [1.54, 1.807) is 12.4 Å². The molecule has 3 aromatic rings. The van der Waals surface area contributed by atoms with Crippen LogP contribution in [0.1, 0.15) is 66.8 Å². The van der Waals surface area contributed by atoms with Crippen molar-refractivity contribution in [3.63, 3.8) is 0 Å². The predicted molar refractivity (Wildman–Crippen MR) is 115 cm³/mol. The first-order valence-corrected chi connectivity index (χ1v) is 9.85. The number of rotatable bonds is 7. The third kappa shape index (κ3) is 5.16. The van der Waals surface area contributed by atoms with Crippen molar-refractivity contribution in [3.05, 3.63) is 77.5 Å². The number of anilines is 2. The molecule has 0 aliphatic carbocycles. The van der Waals surface area contributed by atoms with Crippen molar-refractivity contribution in [2.75, 3.05) is 5.32 Å². The van der Waals surface area contributed by atoms with Crippen LogP contribution in [0.25, 0.3) is 0 Å². The summed E-state index contributed by atoms with van der Waals surface area (Å²) in [6, 6.07) is 11.9. The summed E-state index contributed by atoms with van der Waals surface area (Å²) < 4.78 is 0. The zero-order valence-corrected chi connectivity index (χ0v) is 17.3. The van der Waals surface area contributed by atoms with E-state index < -0.39 is 0 Å². The highest BCUT2D eigenvalue weighted by Crippen LogP contribution is 2.33. The summed E-state index contributed by atoms with van der Waals surface area (Å²) in [7, 11) is 0. The molecule has 2 heterocycles. The Bertz CT molecular complexity index is 927. The average molecular weight is 390 g/mol. The number of aromatic nitrogens is 3. The maximum Gasteiger partial charge on any atom is 0.271 e. The number of carbonyl (C=O) groups is 1. The van der Waals surface area contributed by atoms with Gasteiger partial charge < -0.3 is 10.6 Å². The Morgan fingerprint density at radius 3 is 2.17 bits per heavy atom. The van der Waals surface area contributed by atoms with Crippen LogP contribution in [0, 0.1) is 0 Å². The third-order valence-corrected chi connectivity index (χ3v) is 4.67. The maximum absolute atomic E-state index is 12.3. The quantitative estimate of drug-likeness (QED) is 0.607. The molecule has 150 valence electrons. The molecule has 29 heavy (non-hydrogen) atoms. The normalized spacial score (nSPS) is 11.0. The molecule has 1 aromatic carbocycles. The van der Waals surface area contributed by atoms with Gasteiger partial charge in [-0.15, -0.1) is 0 Å². The Morgan fingerprint density at radius 1 is 0.897 bits per heavy atom. The molecular weight excluding hydrogens is 362 g/mol. The molecule has 3 rings (SSSR count). The fourth-order valence-corrected chi connectivity index (χ4v) is 3.10. The van der Waals surface area contributed by atoms with Crippen LogP contribution in [0.15, 0.2) is 55.0 Å². The van der Waals surface area contributed by atoms with Gasteiger partial charge in [0.05, 0.1) is 24.6 Å². The number of nitrogens with zero attached hydrogens (tertiary/aromatic N) is 3. The van der Waals surface area contributed by atoms with E-state index in [1.165, 1.54) is 17.3 Å². The lowest BCUT2D eigenvalue weighted by atomic mass is 9.92. The summed E-state index contributed by atoms with van der Waals surface area (Å²) in [6.45, 7) is 9.04. The number of hydrogen-bond donors (Lipinski definition) is 2. The second kappa shape index (κ2) is 9.28. The van der Waals surface area contributed by atoms with Crippen LogP contribution in [-0.4, -0.2) is 20.9 Å². The monoisotopic (exact) mass is 389 g/mol. The van der Waals surface area contributed by atoms with E-state index in [9.17, 15) is 4.79 Å². The van der Waals surface area contributed by atoms with E-state index in [4.69, 9.17) is 0 Å². The molecule has 2 N–H and O–H groups in total. The first-order valence-electron chi connectivity index (χ1n) is 9.85. The molecule has 6 nitrogen and oxygen atoms in total. The van der Waals surface area contributed by atoms with Gasteiger partial charge in [-0.2, -0.15) is 0 Å². The Labute approximate surface area is 171 Å². The van der Waals surface area contributed by atoms with Gasteiger partial charge in [-0.1, -0.05) is 52.0 Å². The number of amides is 1. The van der Waals surface area contributed by atoms with Crippen LogP contribution >= 0.6 is 0 Å². The number of nitrogens with one attached hydrogen (secondary N) is 2. The summed E-state index contributed by atoms with van der Waals surface area (Å²) in [6.07, 6.45) is 4.78. The van der Waals surface area contributed by atoms with Gasteiger partial charge in [0.2, 0.25) is 0 Å². The van der Waals surface area contributed by atoms with Gasteiger partial charge in [0.1, 0.15) is 11.5 Å². The molecule has 0 bridgehead atoms. The van der Waals surface area contributed by atoms with Crippen molar-refractivity contribution in [2.45, 2.75) is 46.1 Å². The van der Waals surface area contributed by atoms with E-state index in [2.05, 4.69) is 71.5 Å². The molecule has 0 atom stereocenters. The zero-order valence-electron chi connectivity index (χ0n) is 17.3. The number of hydrogen-bond acceptors (Lipinski definition) is 5. The van der Waals surface area contributed by atoms with Crippen LogP contribution < -0.4 is 10.6 Å². The van der Waals surface area contributed by atoms with E-state index in [1.807, 2.05) is 18.2 Å².